The summed E-state index contributed by atoms with van der Waals surface area (Å²) in [5.74, 6) is 1.19. The molecule has 0 aromatic heterocycles. The Morgan fingerprint density at radius 3 is 2.58 bits per heavy atom. The molecule has 1 aliphatic heterocycles. The second kappa shape index (κ2) is 10.2. The highest BCUT2D eigenvalue weighted by Crippen LogP contribution is 2.11. The SMILES string of the molecule is Cc1cc(C)cc(CCNC(=NCC(=O)N(C)C)NCC2CCOC2)c1. The Morgan fingerprint density at radius 2 is 1.96 bits per heavy atom. The molecule has 1 aromatic carbocycles. The molecule has 1 unspecified atom stereocenters. The maximum absolute atomic E-state index is 11.8. The molecular weight excluding hydrogens is 328 g/mol. The number of hydrogen-bond acceptors (Lipinski definition) is 3. The number of hydrogen-bond donors (Lipinski definition) is 2. The molecular formula is C20H32N4O2. The molecule has 1 fully saturated rings. The van der Waals surface area contributed by atoms with Crippen LogP contribution < -0.4 is 10.6 Å². The summed E-state index contributed by atoms with van der Waals surface area (Å²) < 4.78 is 5.42. The minimum absolute atomic E-state index is 0.00962. The number of aliphatic imine (C=N–C) groups is 1. The first-order valence-electron chi connectivity index (χ1n) is 9.31. The van der Waals surface area contributed by atoms with E-state index in [4.69, 9.17) is 4.74 Å². The number of carbonyl (C=O) groups excluding carboxylic acids is 1. The zero-order valence-corrected chi connectivity index (χ0v) is 16.5. The van der Waals surface area contributed by atoms with E-state index in [1.54, 1.807) is 19.0 Å². The first-order valence-corrected chi connectivity index (χ1v) is 9.31. The summed E-state index contributed by atoms with van der Waals surface area (Å²) in [6.45, 7) is 7.59. The number of ether oxygens (including phenoxy) is 1. The Balaban J connectivity index is 1.88. The summed E-state index contributed by atoms with van der Waals surface area (Å²) in [5.41, 5.74) is 3.87. The standard InChI is InChI=1S/C20H32N4O2/c1-15-9-16(2)11-17(10-15)5-7-21-20(23-13-19(25)24(3)4)22-12-18-6-8-26-14-18/h9-11,18H,5-8,12-14H2,1-4H3,(H2,21,22,23). The molecule has 26 heavy (non-hydrogen) atoms. The number of nitrogens with zero attached hydrogens (tertiary/aromatic N) is 2. The quantitative estimate of drug-likeness (QED) is 0.571. The third-order valence-electron chi connectivity index (χ3n) is 4.44. The summed E-state index contributed by atoms with van der Waals surface area (Å²) in [6, 6.07) is 6.61. The van der Waals surface area contributed by atoms with Gasteiger partial charge in [-0.2, -0.15) is 0 Å². The largest absolute Gasteiger partial charge is 0.381 e. The van der Waals surface area contributed by atoms with E-state index in [9.17, 15) is 4.79 Å². The second-order valence-electron chi connectivity index (χ2n) is 7.24. The van der Waals surface area contributed by atoms with Crippen LogP contribution >= 0.6 is 0 Å². The Labute approximate surface area is 157 Å². The molecule has 2 rings (SSSR count). The number of nitrogens with one attached hydrogen (secondary N) is 2. The molecule has 144 valence electrons. The van der Waals surface area contributed by atoms with Gasteiger partial charge >= 0.3 is 0 Å². The molecule has 2 N–H and O–H groups in total. The van der Waals surface area contributed by atoms with E-state index < -0.39 is 0 Å². The van der Waals surface area contributed by atoms with Gasteiger partial charge in [-0.05, 0) is 32.3 Å². The van der Waals surface area contributed by atoms with Gasteiger partial charge < -0.3 is 20.3 Å². The number of rotatable bonds is 7. The highest BCUT2D eigenvalue weighted by molar-refractivity contribution is 5.84. The third kappa shape index (κ3) is 7.04. The van der Waals surface area contributed by atoms with Gasteiger partial charge in [-0.1, -0.05) is 29.3 Å². The van der Waals surface area contributed by atoms with E-state index in [0.29, 0.717) is 11.9 Å². The van der Waals surface area contributed by atoms with Crippen molar-refractivity contribution in [3.05, 3.63) is 34.9 Å². The first kappa shape index (κ1) is 20.2. The molecule has 6 heteroatoms. The van der Waals surface area contributed by atoms with Gasteiger partial charge in [0, 0.05) is 39.7 Å². The maximum atomic E-state index is 11.8. The fourth-order valence-electron chi connectivity index (χ4n) is 2.99. The van der Waals surface area contributed by atoms with Crippen molar-refractivity contribution in [2.75, 3.05) is 46.9 Å². The molecule has 1 aliphatic rings. The molecule has 1 amide bonds. The zero-order valence-electron chi connectivity index (χ0n) is 16.5. The Morgan fingerprint density at radius 1 is 1.23 bits per heavy atom. The summed E-state index contributed by atoms with van der Waals surface area (Å²) in [5, 5.41) is 6.71. The lowest BCUT2D eigenvalue weighted by Crippen LogP contribution is -2.41. The number of aryl methyl sites for hydroxylation is 2. The number of likely N-dealkylation sites (N-methyl/N-ethyl adjacent to an activating group) is 1. The van der Waals surface area contributed by atoms with Crippen LogP contribution in [0.3, 0.4) is 0 Å². The highest BCUT2D eigenvalue weighted by Gasteiger charge is 2.16. The Hall–Kier alpha value is -2.08. The topological polar surface area (TPSA) is 66.0 Å². The highest BCUT2D eigenvalue weighted by atomic mass is 16.5. The number of carbonyl (C=O) groups is 1. The minimum atomic E-state index is -0.00962. The van der Waals surface area contributed by atoms with Gasteiger partial charge in [0.05, 0.1) is 6.61 Å². The van der Waals surface area contributed by atoms with Gasteiger partial charge in [0.1, 0.15) is 6.54 Å². The summed E-state index contributed by atoms with van der Waals surface area (Å²) >= 11 is 0. The lowest BCUT2D eigenvalue weighted by atomic mass is 10.1. The first-order chi connectivity index (χ1) is 12.4. The van der Waals surface area contributed by atoms with E-state index in [0.717, 1.165) is 39.1 Å². The molecule has 0 aliphatic carbocycles. The van der Waals surface area contributed by atoms with Gasteiger partial charge in [0.2, 0.25) is 5.91 Å². The van der Waals surface area contributed by atoms with Crippen molar-refractivity contribution >= 4 is 11.9 Å². The average molecular weight is 361 g/mol. The van der Waals surface area contributed by atoms with Crippen LogP contribution in [0, 0.1) is 19.8 Å². The van der Waals surface area contributed by atoms with Gasteiger partial charge in [-0.15, -0.1) is 0 Å². The fourth-order valence-corrected chi connectivity index (χ4v) is 2.99. The zero-order chi connectivity index (χ0) is 18.9. The van der Waals surface area contributed by atoms with Crippen LogP contribution in [0.15, 0.2) is 23.2 Å². The predicted molar refractivity (Wildman–Crippen MR) is 106 cm³/mol. The smallest absolute Gasteiger partial charge is 0.243 e. The Bertz CT molecular complexity index is 602. The van der Waals surface area contributed by atoms with E-state index in [1.807, 2.05) is 0 Å². The normalized spacial score (nSPS) is 17.2. The number of guanidine groups is 1. The van der Waals surface area contributed by atoms with Crippen molar-refractivity contribution in [2.45, 2.75) is 26.7 Å². The molecule has 6 nitrogen and oxygen atoms in total. The van der Waals surface area contributed by atoms with Crippen LogP contribution in [0.5, 0.6) is 0 Å². The van der Waals surface area contributed by atoms with Crippen LogP contribution in [-0.2, 0) is 16.0 Å². The molecule has 1 heterocycles. The molecule has 1 atom stereocenters. The summed E-state index contributed by atoms with van der Waals surface area (Å²) in [6.07, 6.45) is 1.98. The maximum Gasteiger partial charge on any atom is 0.243 e. The van der Waals surface area contributed by atoms with Gasteiger partial charge in [-0.3, -0.25) is 4.79 Å². The van der Waals surface area contributed by atoms with Crippen molar-refractivity contribution < 1.29 is 9.53 Å². The van der Waals surface area contributed by atoms with Crippen LogP contribution in [0.4, 0.5) is 0 Å². The van der Waals surface area contributed by atoms with E-state index >= 15 is 0 Å². The fraction of sp³-hybridized carbons (Fsp3) is 0.600. The summed E-state index contributed by atoms with van der Waals surface area (Å²) in [4.78, 5) is 17.8. The Kier molecular flexibility index (Phi) is 7.91. The molecule has 1 aromatic rings. The molecule has 0 radical (unpaired) electrons. The van der Waals surface area contributed by atoms with E-state index in [2.05, 4.69) is 47.7 Å². The van der Waals surface area contributed by atoms with Crippen LogP contribution in [0.1, 0.15) is 23.1 Å². The molecule has 1 saturated heterocycles. The predicted octanol–water partition coefficient (Wildman–Crippen LogP) is 1.51. The van der Waals surface area contributed by atoms with Crippen LogP contribution in [-0.4, -0.2) is 63.7 Å². The van der Waals surface area contributed by atoms with Crippen LogP contribution in [0.2, 0.25) is 0 Å². The van der Waals surface area contributed by atoms with Crippen LogP contribution in [0.25, 0.3) is 0 Å². The van der Waals surface area contributed by atoms with Gasteiger partial charge in [-0.25, -0.2) is 4.99 Å². The third-order valence-corrected chi connectivity index (χ3v) is 4.44. The van der Waals surface area contributed by atoms with Crippen molar-refractivity contribution in [1.82, 2.24) is 15.5 Å². The molecule has 0 bridgehead atoms. The minimum Gasteiger partial charge on any atom is -0.381 e. The van der Waals surface area contributed by atoms with Crippen molar-refractivity contribution in [1.29, 1.82) is 0 Å². The van der Waals surface area contributed by atoms with Gasteiger partial charge in [0.25, 0.3) is 0 Å². The lowest BCUT2D eigenvalue weighted by Gasteiger charge is -2.16. The molecule has 0 saturated carbocycles. The number of amides is 1. The molecule has 0 spiro atoms. The van der Waals surface area contributed by atoms with Gasteiger partial charge in [0.15, 0.2) is 5.96 Å². The summed E-state index contributed by atoms with van der Waals surface area (Å²) in [7, 11) is 3.49. The average Bonchev–Trinajstić information content (AvgIpc) is 3.09. The lowest BCUT2D eigenvalue weighted by molar-refractivity contribution is -0.127. The second-order valence-corrected chi connectivity index (χ2v) is 7.24. The van der Waals surface area contributed by atoms with Crippen molar-refractivity contribution in [2.24, 2.45) is 10.9 Å². The van der Waals surface area contributed by atoms with Crippen molar-refractivity contribution in [3.8, 4) is 0 Å². The van der Waals surface area contributed by atoms with E-state index in [-0.39, 0.29) is 12.5 Å². The number of benzene rings is 1. The monoisotopic (exact) mass is 360 g/mol. The van der Waals surface area contributed by atoms with Crippen molar-refractivity contribution in [3.63, 3.8) is 0 Å². The van der Waals surface area contributed by atoms with E-state index in [1.165, 1.54) is 16.7 Å².